The second-order valence-corrected chi connectivity index (χ2v) is 6.75. The van der Waals surface area contributed by atoms with E-state index in [4.69, 9.17) is 0 Å². The molecule has 0 fully saturated rings. The van der Waals surface area contributed by atoms with E-state index in [-0.39, 0.29) is 10.7 Å². The summed E-state index contributed by atoms with van der Waals surface area (Å²) >= 11 is 0. The molecular weight excluding hydrogens is 328 g/mol. The molecule has 0 saturated carbocycles. The predicted molar refractivity (Wildman–Crippen MR) is 88.6 cm³/mol. The van der Waals surface area contributed by atoms with E-state index >= 15 is 0 Å². The van der Waals surface area contributed by atoms with Gasteiger partial charge in [0.25, 0.3) is 10.0 Å². The van der Waals surface area contributed by atoms with Crippen LogP contribution in [0.25, 0.3) is 5.82 Å². The topological polar surface area (TPSA) is 94.0 Å². The van der Waals surface area contributed by atoms with Gasteiger partial charge in [0.1, 0.15) is 12.1 Å². The number of aromatic nitrogens is 3. The van der Waals surface area contributed by atoms with E-state index < -0.39 is 10.0 Å². The lowest BCUT2D eigenvalue weighted by Gasteiger charge is -2.09. The van der Waals surface area contributed by atoms with E-state index in [1.165, 1.54) is 31.3 Å². The van der Waals surface area contributed by atoms with Gasteiger partial charge in [-0.25, -0.2) is 18.4 Å². The van der Waals surface area contributed by atoms with Crippen LogP contribution in [0.5, 0.6) is 0 Å². The normalized spacial score (nSPS) is 11.2. The minimum atomic E-state index is -3.80. The molecule has 1 N–H and O–H groups in total. The molecule has 1 aromatic carbocycles. The van der Waals surface area contributed by atoms with Gasteiger partial charge in [-0.1, -0.05) is 12.1 Å². The zero-order chi connectivity index (χ0) is 17.2. The van der Waals surface area contributed by atoms with Crippen molar-refractivity contribution >= 4 is 21.5 Å². The molecule has 0 aliphatic carbocycles. The standard InChI is InChI=1S/C16H14N4O3S/c1-12(21)13-3-2-4-15(9-13)24(22,23)19-14-5-6-16(18-10-14)20-8-7-17-11-20/h2-11,19H,1H3. The SMILES string of the molecule is CC(=O)c1cccc(S(=O)(=O)Nc2ccc(-n3ccnc3)nc2)c1. The summed E-state index contributed by atoms with van der Waals surface area (Å²) in [4.78, 5) is 19.5. The van der Waals surface area contributed by atoms with E-state index in [1.807, 2.05) is 0 Å². The fourth-order valence-electron chi connectivity index (χ4n) is 2.09. The number of nitrogens with one attached hydrogen (secondary N) is 1. The van der Waals surface area contributed by atoms with Gasteiger partial charge in [-0.15, -0.1) is 0 Å². The first-order valence-electron chi connectivity index (χ1n) is 7.04. The number of imidazole rings is 1. The van der Waals surface area contributed by atoms with Gasteiger partial charge in [0.05, 0.1) is 16.8 Å². The summed E-state index contributed by atoms with van der Waals surface area (Å²) in [5, 5.41) is 0. The van der Waals surface area contributed by atoms with Crippen LogP contribution in [0.15, 0.2) is 66.2 Å². The highest BCUT2D eigenvalue weighted by Crippen LogP contribution is 2.17. The van der Waals surface area contributed by atoms with Gasteiger partial charge in [-0.3, -0.25) is 14.1 Å². The summed E-state index contributed by atoms with van der Waals surface area (Å²) in [5.41, 5.74) is 0.665. The molecule has 0 unspecified atom stereocenters. The van der Waals surface area contributed by atoms with E-state index in [0.29, 0.717) is 17.1 Å². The molecular formula is C16H14N4O3S. The number of carbonyl (C=O) groups is 1. The molecule has 7 nitrogen and oxygen atoms in total. The number of hydrogen-bond donors (Lipinski definition) is 1. The van der Waals surface area contributed by atoms with Crippen LogP contribution in [-0.4, -0.2) is 28.7 Å². The van der Waals surface area contributed by atoms with Crippen LogP contribution in [-0.2, 0) is 10.0 Å². The number of sulfonamides is 1. The Morgan fingerprint density at radius 2 is 2.04 bits per heavy atom. The Bertz CT molecular complexity index is 965. The number of pyridine rings is 1. The average molecular weight is 342 g/mol. The third-order valence-corrected chi connectivity index (χ3v) is 4.70. The number of carbonyl (C=O) groups excluding carboxylic acids is 1. The quantitative estimate of drug-likeness (QED) is 0.718. The lowest BCUT2D eigenvalue weighted by molar-refractivity contribution is 0.101. The van der Waals surface area contributed by atoms with Gasteiger partial charge >= 0.3 is 0 Å². The summed E-state index contributed by atoms with van der Waals surface area (Å²) in [5.74, 6) is 0.424. The molecule has 122 valence electrons. The number of anilines is 1. The Balaban J connectivity index is 1.84. The summed E-state index contributed by atoms with van der Waals surface area (Å²) in [6.07, 6.45) is 6.38. The molecule has 3 aromatic rings. The van der Waals surface area contributed by atoms with Crippen molar-refractivity contribution in [3.8, 4) is 5.82 Å². The van der Waals surface area contributed by atoms with Crippen molar-refractivity contribution in [2.75, 3.05) is 4.72 Å². The minimum Gasteiger partial charge on any atom is -0.295 e. The molecule has 0 amide bonds. The average Bonchev–Trinajstić information content (AvgIpc) is 3.10. The van der Waals surface area contributed by atoms with Crippen molar-refractivity contribution in [3.05, 3.63) is 66.9 Å². The van der Waals surface area contributed by atoms with E-state index in [1.54, 1.807) is 41.5 Å². The fraction of sp³-hybridized carbons (Fsp3) is 0.0625. The number of rotatable bonds is 5. The lowest BCUT2D eigenvalue weighted by atomic mass is 10.2. The number of Topliss-reactive ketones (excluding diaryl/α,β-unsaturated/α-hetero) is 1. The van der Waals surface area contributed by atoms with Crippen molar-refractivity contribution in [3.63, 3.8) is 0 Å². The van der Waals surface area contributed by atoms with Gasteiger partial charge in [0, 0.05) is 18.0 Å². The Hall–Kier alpha value is -3.00. The molecule has 0 saturated heterocycles. The van der Waals surface area contributed by atoms with E-state index in [9.17, 15) is 13.2 Å². The Labute approximate surface area is 139 Å². The smallest absolute Gasteiger partial charge is 0.261 e. The molecule has 0 bridgehead atoms. The molecule has 2 heterocycles. The van der Waals surface area contributed by atoms with Crippen molar-refractivity contribution in [1.29, 1.82) is 0 Å². The molecule has 8 heteroatoms. The second kappa shape index (κ2) is 6.25. The lowest BCUT2D eigenvalue weighted by Crippen LogP contribution is -2.14. The van der Waals surface area contributed by atoms with Crippen LogP contribution < -0.4 is 4.72 Å². The van der Waals surface area contributed by atoms with Crippen LogP contribution in [0.3, 0.4) is 0 Å². The maximum atomic E-state index is 12.4. The Morgan fingerprint density at radius 1 is 1.21 bits per heavy atom. The third kappa shape index (κ3) is 3.33. The first-order valence-corrected chi connectivity index (χ1v) is 8.52. The highest BCUT2D eigenvalue weighted by atomic mass is 32.2. The van der Waals surface area contributed by atoms with Crippen molar-refractivity contribution < 1.29 is 13.2 Å². The summed E-state index contributed by atoms with van der Waals surface area (Å²) in [6.45, 7) is 1.39. The van der Waals surface area contributed by atoms with Gasteiger partial charge in [-0.2, -0.15) is 0 Å². The van der Waals surface area contributed by atoms with Crippen LogP contribution in [0, 0.1) is 0 Å². The van der Waals surface area contributed by atoms with Gasteiger partial charge < -0.3 is 0 Å². The Kier molecular flexibility index (Phi) is 4.13. The zero-order valence-corrected chi connectivity index (χ0v) is 13.6. The summed E-state index contributed by atoms with van der Waals surface area (Å²) in [6, 6.07) is 9.16. The molecule has 0 radical (unpaired) electrons. The number of benzene rings is 1. The molecule has 24 heavy (non-hydrogen) atoms. The van der Waals surface area contributed by atoms with E-state index in [2.05, 4.69) is 14.7 Å². The minimum absolute atomic E-state index is 0.0221. The monoisotopic (exact) mass is 342 g/mol. The molecule has 2 aromatic heterocycles. The van der Waals surface area contributed by atoms with Crippen LogP contribution in [0.4, 0.5) is 5.69 Å². The van der Waals surface area contributed by atoms with Crippen LogP contribution in [0.1, 0.15) is 17.3 Å². The molecule has 3 rings (SSSR count). The third-order valence-electron chi connectivity index (χ3n) is 3.32. The first kappa shape index (κ1) is 15.9. The zero-order valence-electron chi connectivity index (χ0n) is 12.7. The maximum Gasteiger partial charge on any atom is 0.261 e. The van der Waals surface area contributed by atoms with E-state index in [0.717, 1.165) is 0 Å². The van der Waals surface area contributed by atoms with Crippen molar-refractivity contribution in [1.82, 2.24) is 14.5 Å². The predicted octanol–water partition coefficient (Wildman–Crippen LogP) is 2.27. The molecule has 0 aliphatic rings. The van der Waals surface area contributed by atoms with Crippen molar-refractivity contribution in [2.24, 2.45) is 0 Å². The molecule has 0 aliphatic heterocycles. The number of nitrogens with zero attached hydrogens (tertiary/aromatic N) is 3. The van der Waals surface area contributed by atoms with Gasteiger partial charge in [-0.05, 0) is 31.2 Å². The highest BCUT2D eigenvalue weighted by Gasteiger charge is 2.15. The summed E-state index contributed by atoms with van der Waals surface area (Å²) in [7, 11) is -3.80. The first-order chi connectivity index (χ1) is 11.5. The van der Waals surface area contributed by atoms with Gasteiger partial charge in [0.2, 0.25) is 0 Å². The second-order valence-electron chi connectivity index (χ2n) is 5.06. The Morgan fingerprint density at radius 3 is 2.67 bits per heavy atom. The summed E-state index contributed by atoms with van der Waals surface area (Å²) < 4.78 is 29.0. The highest BCUT2D eigenvalue weighted by molar-refractivity contribution is 7.92. The van der Waals surface area contributed by atoms with Crippen LogP contribution >= 0.6 is 0 Å². The number of ketones is 1. The van der Waals surface area contributed by atoms with Crippen molar-refractivity contribution in [2.45, 2.75) is 11.8 Å². The fourth-order valence-corrected chi connectivity index (χ4v) is 3.18. The molecule has 0 spiro atoms. The van der Waals surface area contributed by atoms with Crippen LogP contribution in [0.2, 0.25) is 0 Å². The maximum absolute atomic E-state index is 12.4. The molecule has 0 atom stereocenters. The largest absolute Gasteiger partial charge is 0.295 e. The van der Waals surface area contributed by atoms with Gasteiger partial charge in [0.15, 0.2) is 5.78 Å². The number of hydrogen-bond acceptors (Lipinski definition) is 5.